The second-order valence-corrected chi connectivity index (χ2v) is 8.41. The average Bonchev–Trinajstić information content (AvgIpc) is 3.51. The summed E-state index contributed by atoms with van der Waals surface area (Å²) in [5, 5.41) is 14.8. The molecule has 6 nitrogen and oxygen atoms in total. The van der Waals surface area contributed by atoms with Gasteiger partial charge in [-0.15, -0.1) is 0 Å². The van der Waals surface area contributed by atoms with Crippen LogP contribution in [0.25, 0.3) is 21.9 Å². The first-order chi connectivity index (χ1) is 16.1. The number of halogens is 1. The molecule has 2 aromatic heterocycles. The van der Waals surface area contributed by atoms with Gasteiger partial charge in [-0.05, 0) is 46.9 Å². The van der Waals surface area contributed by atoms with Crippen molar-refractivity contribution in [2.75, 3.05) is 0 Å². The SMILES string of the molecule is O=[N+]([O-])c1cn(C(CCc2ccc(Cl)cc2)c2cnc[nH]2)cc1-c1cccc2ccccc12. The zero-order valence-electron chi connectivity index (χ0n) is 17.7. The Balaban J connectivity index is 1.57. The molecular formula is C26H21ClN4O2. The fourth-order valence-electron chi connectivity index (χ4n) is 4.32. The van der Waals surface area contributed by atoms with E-state index in [2.05, 4.69) is 9.97 Å². The summed E-state index contributed by atoms with van der Waals surface area (Å²) in [4.78, 5) is 19.1. The van der Waals surface area contributed by atoms with Gasteiger partial charge < -0.3 is 9.55 Å². The van der Waals surface area contributed by atoms with E-state index in [-0.39, 0.29) is 16.7 Å². The minimum Gasteiger partial charge on any atom is -0.347 e. The van der Waals surface area contributed by atoms with Gasteiger partial charge in [0.05, 0.1) is 40.9 Å². The van der Waals surface area contributed by atoms with Gasteiger partial charge in [0.15, 0.2) is 0 Å². The van der Waals surface area contributed by atoms with Crippen LogP contribution in [0, 0.1) is 10.1 Å². The molecule has 164 valence electrons. The zero-order chi connectivity index (χ0) is 22.8. The molecule has 0 aliphatic heterocycles. The van der Waals surface area contributed by atoms with E-state index in [1.807, 2.05) is 77.5 Å². The number of H-pyrrole nitrogens is 1. The molecular weight excluding hydrogens is 436 g/mol. The van der Waals surface area contributed by atoms with Gasteiger partial charge in [-0.25, -0.2) is 4.98 Å². The summed E-state index contributed by atoms with van der Waals surface area (Å²) in [6, 6.07) is 21.5. The summed E-state index contributed by atoms with van der Waals surface area (Å²) in [6.45, 7) is 0. The summed E-state index contributed by atoms with van der Waals surface area (Å²) in [5.74, 6) is 0. The third-order valence-electron chi connectivity index (χ3n) is 5.96. The fraction of sp³-hybridized carbons (Fsp3) is 0.115. The summed E-state index contributed by atoms with van der Waals surface area (Å²) in [6.07, 6.45) is 8.45. The third kappa shape index (κ3) is 4.25. The molecule has 33 heavy (non-hydrogen) atoms. The van der Waals surface area contributed by atoms with Crippen molar-refractivity contribution in [1.29, 1.82) is 0 Å². The van der Waals surface area contributed by atoms with Crippen molar-refractivity contribution in [3.63, 3.8) is 0 Å². The third-order valence-corrected chi connectivity index (χ3v) is 6.21. The van der Waals surface area contributed by atoms with E-state index in [4.69, 9.17) is 11.6 Å². The van der Waals surface area contributed by atoms with Crippen LogP contribution in [0.3, 0.4) is 0 Å². The molecule has 2 heterocycles. The Hall–Kier alpha value is -3.90. The lowest BCUT2D eigenvalue weighted by molar-refractivity contribution is -0.384. The van der Waals surface area contributed by atoms with Gasteiger partial charge in [-0.2, -0.15) is 0 Å². The zero-order valence-corrected chi connectivity index (χ0v) is 18.4. The largest absolute Gasteiger partial charge is 0.347 e. The number of nitro groups is 1. The van der Waals surface area contributed by atoms with Crippen LogP contribution < -0.4 is 0 Å². The van der Waals surface area contributed by atoms with Gasteiger partial charge in [0.1, 0.15) is 0 Å². The highest BCUT2D eigenvalue weighted by molar-refractivity contribution is 6.30. The van der Waals surface area contributed by atoms with Crippen molar-refractivity contribution in [3.05, 3.63) is 118 Å². The molecule has 0 aliphatic rings. The van der Waals surface area contributed by atoms with E-state index in [0.29, 0.717) is 10.6 Å². The van der Waals surface area contributed by atoms with E-state index >= 15 is 0 Å². The van der Waals surface area contributed by atoms with Crippen LogP contribution in [0.4, 0.5) is 5.69 Å². The molecule has 0 amide bonds. The Labute approximate surface area is 195 Å². The van der Waals surface area contributed by atoms with Crippen LogP contribution in [0.15, 0.2) is 91.6 Å². The molecule has 0 spiro atoms. The van der Waals surface area contributed by atoms with Crippen molar-refractivity contribution in [3.8, 4) is 11.1 Å². The number of hydrogen-bond acceptors (Lipinski definition) is 3. The van der Waals surface area contributed by atoms with Crippen LogP contribution in [-0.2, 0) is 6.42 Å². The van der Waals surface area contributed by atoms with E-state index in [9.17, 15) is 10.1 Å². The van der Waals surface area contributed by atoms with Crippen molar-refractivity contribution >= 4 is 28.1 Å². The molecule has 0 bridgehead atoms. The first-order valence-corrected chi connectivity index (χ1v) is 11.0. The van der Waals surface area contributed by atoms with Crippen molar-refractivity contribution < 1.29 is 4.92 Å². The highest BCUT2D eigenvalue weighted by Crippen LogP contribution is 2.38. The van der Waals surface area contributed by atoms with Gasteiger partial charge >= 0.3 is 0 Å². The van der Waals surface area contributed by atoms with Gasteiger partial charge in [-0.1, -0.05) is 66.2 Å². The van der Waals surface area contributed by atoms with Crippen molar-refractivity contribution in [1.82, 2.24) is 14.5 Å². The Morgan fingerprint density at radius 3 is 2.55 bits per heavy atom. The topological polar surface area (TPSA) is 76.8 Å². The average molecular weight is 457 g/mol. The lowest BCUT2D eigenvalue weighted by atomic mass is 9.99. The number of aromatic amines is 1. The first-order valence-electron chi connectivity index (χ1n) is 10.7. The molecule has 3 aromatic carbocycles. The van der Waals surface area contributed by atoms with Gasteiger partial charge in [0, 0.05) is 11.2 Å². The first kappa shape index (κ1) is 21.0. The molecule has 7 heteroatoms. The molecule has 0 saturated heterocycles. The van der Waals surface area contributed by atoms with E-state index in [1.54, 1.807) is 18.7 Å². The van der Waals surface area contributed by atoms with Crippen LogP contribution in [0.1, 0.15) is 23.7 Å². The van der Waals surface area contributed by atoms with E-state index in [1.165, 1.54) is 0 Å². The van der Waals surface area contributed by atoms with Gasteiger partial charge in [0.25, 0.3) is 5.69 Å². The second-order valence-electron chi connectivity index (χ2n) is 7.98. The van der Waals surface area contributed by atoms with E-state index < -0.39 is 0 Å². The maximum Gasteiger partial charge on any atom is 0.294 e. The number of fused-ring (bicyclic) bond motifs is 1. The molecule has 0 saturated carbocycles. The number of aromatic nitrogens is 3. The normalized spacial score (nSPS) is 12.2. The molecule has 1 N–H and O–H groups in total. The summed E-state index contributed by atoms with van der Waals surface area (Å²) >= 11 is 6.02. The maximum absolute atomic E-state index is 12.0. The number of rotatable bonds is 7. The molecule has 1 atom stereocenters. The molecule has 0 fully saturated rings. The quantitative estimate of drug-likeness (QED) is 0.216. The van der Waals surface area contributed by atoms with Crippen molar-refractivity contribution in [2.24, 2.45) is 0 Å². The lowest BCUT2D eigenvalue weighted by Crippen LogP contribution is -2.10. The molecule has 0 radical (unpaired) electrons. The highest BCUT2D eigenvalue weighted by atomic mass is 35.5. The predicted octanol–water partition coefficient (Wildman–Crippen LogP) is 6.82. The Morgan fingerprint density at radius 1 is 1.00 bits per heavy atom. The van der Waals surface area contributed by atoms with Crippen molar-refractivity contribution in [2.45, 2.75) is 18.9 Å². The summed E-state index contributed by atoms with van der Waals surface area (Å²) in [5.41, 5.74) is 3.59. The second kappa shape index (κ2) is 8.92. The molecule has 5 aromatic rings. The fourth-order valence-corrected chi connectivity index (χ4v) is 4.45. The van der Waals surface area contributed by atoms with Crippen LogP contribution in [-0.4, -0.2) is 19.5 Å². The Morgan fingerprint density at radius 2 is 1.79 bits per heavy atom. The number of aryl methyl sites for hydroxylation is 1. The number of nitrogens with one attached hydrogen (secondary N) is 1. The molecule has 5 rings (SSSR count). The number of benzene rings is 3. The van der Waals surface area contributed by atoms with E-state index in [0.717, 1.165) is 40.4 Å². The maximum atomic E-state index is 12.0. The number of nitrogens with zero attached hydrogens (tertiary/aromatic N) is 3. The Kier molecular flexibility index (Phi) is 5.67. The van der Waals surface area contributed by atoms with Crippen LogP contribution in [0.2, 0.25) is 5.02 Å². The lowest BCUT2D eigenvalue weighted by Gasteiger charge is -2.17. The number of hydrogen-bond donors (Lipinski definition) is 1. The van der Waals surface area contributed by atoms with Gasteiger partial charge in [-0.3, -0.25) is 10.1 Å². The number of imidazole rings is 1. The summed E-state index contributed by atoms with van der Waals surface area (Å²) < 4.78 is 1.93. The highest BCUT2D eigenvalue weighted by Gasteiger charge is 2.24. The molecule has 1 unspecified atom stereocenters. The minimum absolute atomic E-state index is 0.0855. The molecule has 0 aliphatic carbocycles. The van der Waals surface area contributed by atoms with Gasteiger partial charge in [0.2, 0.25) is 0 Å². The smallest absolute Gasteiger partial charge is 0.294 e. The Bertz CT molecular complexity index is 1400. The monoisotopic (exact) mass is 456 g/mol. The summed E-state index contributed by atoms with van der Waals surface area (Å²) in [7, 11) is 0. The predicted molar refractivity (Wildman–Crippen MR) is 131 cm³/mol. The minimum atomic E-state index is -0.309. The van der Waals surface area contributed by atoms with Crippen LogP contribution >= 0.6 is 11.6 Å². The standard InChI is InChI=1S/C26H21ClN4O2/c27-20-11-8-18(9-12-20)10-13-25(24-14-28-17-29-24)30-15-23(26(16-30)31(32)33)22-7-3-5-19-4-1-2-6-21(19)22/h1-9,11-12,14-17,25H,10,13H2,(H,28,29). The van der Waals surface area contributed by atoms with Crippen LogP contribution in [0.5, 0.6) is 0 Å².